The summed E-state index contributed by atoms with van der Waals surface area (Å²) in [5, 5.41) is 0. The Kier molecular flexibility index (Phi) is 3.90. The van der Waals surface area contributed by atoms with Gasteiger partial charge in [0.1, 0.15) is 11.6 Å². The molecule has 0 heterocycles. The molecule has 0 saturated heterocycles. The van der Waals surface area contributed by atoms with Gasteiger partial charge in [0.2, 0.25) is 0 Å². The monoisotopic (exact) mass is 261 g/mol. The van der Waals surface area contributed by atoms with Crippen molar-refractivity contribution >= 4 is 11.6 Å². The van der Waals surface area contributed by atoms with Crippen molar-refractivity contribution in [3.8, 4) is 0 Å². The van der Waals surface area contributed by atoms with Crippen molar-refractivity contribution in [2.24, 2.45) is 0 Å². The van der Waals surface area contributed by atoms with Crippen LogP contribution in [0.4, 0.5) is 14.5 Å². The summed E-state index contributed by atoms with van der Waals surface area (Å²) in [7, 11) is 0. The Morgan fingerprint density at radius 1 is 1.05 bits per heavy atom. The van der Waals surface area contributed by atoms with E-state index in [9.17, 15) is 13.6 Å². The van der Waals surface area contributed by atoms with Crippen molar-refractivity contribution in [1.82, 2.24) is 0 Å². The molecule has 0 aliphatic carbocycles. The summed E-state index contributed by atoms with van der Waals surface area (Å²) >= 11 is 0. The predicted octanol–water partition coefficient (Wildman–Crippen LogP) is 3.63. The van der Waals surface area contributed by atoms with Gasteiger partial charge in [-0.05, 0) is 49.4 Å². The largest absolute Gasteiger partial charge is 0.309 e. The van der Waals surface area contributed by atoms with Crippen LogP contribution in [-0.2, 0) is 0 Å². The van der Waals surface area contributed by atoms with Crippen molar-refractivity contribution in [3.63, 3.8) is 0 Å². The summed E-state index contributed by atoms with van der Waals surface area (Å²) < 4.78 is 26.0. The summed E-state index contributed by atoms with van der Waals surface area (Å²) in [5.41, 5.74) is 0.851. The summed E-state index contributed by atoms with van der Waals surface area (Å²) in [6, 6.07) is 11.1. The Bertz CT molecular complexity index is 581. The van der Waals surface area contributed by atoms with E-state index >= 15 is 0 Å². The molecular formula is C15H13F2NO. The number of amides is 1. The molecule has 0 radical (unpaired) electrons. The Morgan fingerprint density at radius 2 is 1.74 bits per heavy atom. The molecule has 2 aromatic carbocycles. The minimum atomic E-state index is -0.457. The lowest BCUT2D eigenvalue weighted by atomic mass is 10.1. The molecule has 0 aliphatic rings. The van der Waals surface area contributed by atoms with Crippen molar-refractivity contribution in [3.05, 3.63) is 65.7 Å². The molecule has 0 aliphatic heterocycles. The van der Waals surface area contributed by atoms with Gasteiger partial charge >= 0.3 is 0 Å². The molecule has 98 valence electrons. The standard InChI is InChI=1S/C15H13F2NO/c1-2-18(14-8-6-12(16)7-9-14)15(19)11-4-3-5-13(17)10-11/h3-10H,2H2,1H3. The molecule has 2 aromatic rings. The molecule has 19 heavy (non-hydrogen) atoms. The smallest absolute Gasteiger partial charge is 0.258 e. The van der Waals surface area contributed by atoms with Gasteiger partial charge in [-0.15, -0.1) is 0 Å². The second kappa shape index (κ2) is 5.61. The SMILES string of the molecule is CCN(C(=O)c1cccc(F)c1)c1ccc(F)cc1. The predicted molar refractivity (Wildman–Crippen MR) is 70.2 cm³/mol. The zero-order chi connectivity index (χ0) is 13.8. The number of benzene rings is 2. The van der Waals surface area contributed by atoms with Crippen molar-refractivity contribution < 1.29 is 13.6 Å². The van der Waals surface area contributed by atoms with Crippen LogP contribution in [0.1, 0.15) is 17.3 Å². The van der Waals surface area contributed by atoms with Crippen LogP contribution in [-0.4, -0.2) is 12.5 Å². The number of carbonyl (C=O) groups excluding carboxylic acids is 1. The highest BCUT2D eigenvalue weighted by atomic mass is 19.1. The number of halogens is 2. The van der Waals surface area contributed by atoms with E-state index in [0.29, 0.717) is 12.2 Å². The molecule has 1 amide bonds. The average Bonchev–Trinajstić information content (AvgIpc) is 2.41. The molecule has 0 saturated carbocycles. The van der Waals surface area contributed by atoms with Gasteiger partial charge in [-0.2, -0.15) is 0 Å². The number of rotatable bonds is 3. The first-order valence-corrected chi connectivity index (χ1v) is 5.95. The highest BCUT2D eigenvalue weighted by Gasteiger charge is 2.16. The van der Waals surface area contributed by atoms with Crippen LogP contribution < -0.4 is 4.90 Å². The quantitative estimate of drug-likeness (QED) is 0.826. The maximum Gasteiger partial charge on any atom is 0.258 e. The zero-order valence-electron chi connectivity index (χ0n) is 10.4. The van der Waals surface area contributed by atoms with Crippen LogP contribution in [0.3, 0.4) is 0 Å². The van der Waals surface area contributed by atoms with E-state index in [1.807, 2.05) is 0 Å². The normalized spacial score (nSPS) is 10.3. The van der Waals surface area contributed by atoms with E-state index in [4.69, 9.17) is 0 Å². The van der Waals surface area contributed by atoms with Gasteiger partial charge in [0.15, 0.2) is 0 Å². The lowest BCUT2D eigenvalue weighted by molar-refractivity contribution is 0.0988. The molecule has 0 unspecified atom stereocenters. The first kappa shape index (κ1) is 13.2. The fourth-order valence-electron chi connectivity index (χ4n) is 1.84. The highest BCUT2D eigenvalue weighted by Crippen LogP contribution is 2.18. The molecule has 0 N–H and O–H groups in total. The lowest BCUT2D eigenvalue weighted by Gasteiger charge is -2.21. The number of carbonyl (C=O) groups is 1. The Labute approximate surface area is 110 Å². The van der Waals surface area contributed by atoms with E-state index in [1.165, 1.54) is 47.4 Å². The van der Waals surface area contributed by atoms with Crippen molar-refractivity contribution in [2.45, 2.75) is 6.92 Å². The van der Waals surface area contributed by atoms with Crippen LogP contribution in [0.2, 0.25) is 0 Å². The molecule has 0 bridgehead atoms. The van der Waals surface area contributed by atoms with Gasteiger partial charge < -0.3 is 4.90 Å². The van der Waals surface area contributed by atoms with Crippen LogP contribution in [0.15, 0.2) is 48.5 Å². The topological polar surface area (TPSA) is 20.3 Å². The van der Waals surface area contributed by atoms with E-state index in [2.05, 4.69) is 0 Å². The maximum atomic E-state index is 13.1. The molecule has 0 spiro atoms. The molecular weight excluding hydrogens is 248 g/mol. The fraction of sp³-hybridized carbons (Fsp3) is 0.133. The minimum Gasteiger partial charge on any atom is -0.309 e. The second-order valence-electron chi connectivity index (χ2n) is 4.04. The van der Waals surface area contributed by atoms with Gasteiger partial charge in [0.25, 0.3) is 5.91 Å². The number of nitrogens with zero attached hydrogens (tertiary/aromatic N) is 1. The van der Waals surface area contributed by atoms with Gasteiger partial charge in [0.05, 0.1) is 0 Å². The van der Waals surface area contributed by atoms with E-state index in [1.54, 1.807) is 13.0 Å². The highest BCUT2D eigenvalue weighted by molar-refractivity contribution is 6.06. The number of hydrogen-bond acceptors (Lipinski definition) is 1. The van der Waals surface area contributed by atoms with Crippen LogP contribution in [0, 0.1) is 11.6 Å². The van der Waals surface area contributed by atoms with Gasteiger partial charge in [-0.3, -0.25) is 4.79 Å². The summed E-state index contributed by atoms with van der Waals surface area (Å²) in [4.78, 5) is 13.7. The third-order valence-corrected chi connectivity index (χ3v) is 2.77. The molecule has 0 aromatic heterocycles. The van der Waals surface area contributed by atoms with Crippen molar-refractivity contribution in [1.29, 1.82) is 0 Å². The summed E-state index contributed by atoms with van der Waals surface area (Å²) in [6.07, 6.45) is 0. The summed E-state index contributed by atoms with van der Waals surface area (Å²) in [6.45, 7) is 2.22. The van der Waals surface area contributed by atoms with E-state index < -0.39 is 5.82 Å². The lowest BCUT2D eigenvalue weighted by Crippen LogP contribution is -2.30. The third kappa shape index (κ3) is 2.96. The first-order chi connectivity index (χ1) is 9.11. The third-order valence-electron chi connectivity index (χ3n) is 2.77. The van der Waals surface area contributed by atoms with E-state index in [-0.39, 0.29) is 17.3 Å². The number of hydrogen-bond donors (Lipinski definition) is 0. The molecule has 0 atom stereocenters. The molecule has 2 rings (SSSR count). The number of anilines is 1. The zero-order valence-corrected chi connectivity index (χ0v) is 10.4. The Morgan fingerprint density at radius 3 is 2.32 bits per heavy atom. The summed E-state index contributed by atoms with van der Waals surface area (Å²) in [5.74, 6) is -1.13. The Balaban J connectivity index is 2.31. The van der Waals surface area contributed by atoms with Crippen LogP contribution in [0.5, 0.6) is 0 Å². The Hall–Kier alpha value is -2.23. The second-order valence-corrected chi connectivity index (χ2v) is 4.04. The van der Waals surface area contributed by atoms with Crippen LogP contribution >= 0.6 is 0 Å². The molecule has 0 fully saturated rings. The van der Waals surface area contributed by atoms with E-state index in [0.717, 1.165) is 0 Å². The molecule has 4 heteroatoms. The fourth-order valence-corrected chi connectivity index (χ4v) is 1.84. The van der Waals surface area contributed by atoms with Crippen molar-refractivity contribution in [2.75, 3.05) is 11.4 Å². The molecule has 2 nitrogen and oxygen atoms in total. The van der Waals surface area contributed by atoms with Crippen LogP contribution in [0.25, 0.3) is 0 Å². The van der Waals surface area contributed by atoms with Gasteiger partial charge in [-0.25, -0.2) is 8.78 Å². The maximum absolute atomic E-state index is 13.1. The average molecular weight is 261 g/mol. The first-order valence-electron chi connectivity index (χ1n) is 5.95. The van der Waals surface area contributed by atoms with Gasteiger partial charge in [-0.1, -0.05) is 6.07 Å². The van der Waals surface area contributed by atoms with Gasteiger partial charge in [0, 0.05) is 17.8 Å². The minimum absolute atomic E-state index is 0.270.